The van der Waals surface area contributed by atoms with E-state index in [9.17, 15) is 9.59 Å². The highest BCUT2D eigenvalue weighted by molar-refractivity contribution is 7.71. The van der Waals surface area contributed by atoms with Crippen LogP contribution in [0.25, 0.3) is 10.2 Å². The van der Waals surface area contributed by atoms with Gasteiger partial charge in [-0.15, -0.1) is 11.3 Å². The number of aromatic nitrogens is 2. The van der Waals surface area contributed by atoms with Gasteiger partial charge in [0.2, 0.25) is 10.5 Å². The predicted molar refractivity (Wildman–Crippen MR) is 113 cm³/mol. The number of ether oxygens (including phenoxy) is 3. The fourth-order valence-electron chi connectivity index (χ4n) is 3.56. The first-order chi connectivity index (χ1) is 14.0. The highest BCUT2D eigenvalue weighted by atomic mass is 32.1. The van der Waals surface area contributed by atoms with Gasteiger partial charge >= 0.3 is 0 Å². The molecule has 0 fully saturated rings. The van der Waals surface area contributed by atoms with Gasteiger partial charge in [-0.3, -0.25) is 15.0 Å². The monoisotopic (exact) mass is 433 g/mol. The van der Waals surface area contributed by atoms with Gasteiger partial charge in [0.25, 0.3) is 11.5 Å². The van der Waals surface area contributed by atoms with Gasteiger partial charge in [-0.1, -0.05) is 0 Å². The van der Waals surface area contributed by atoms with Crippen molar-refractivity contribution in [2.45, 2.75) is 19.3 Å². The molecule has 0 unspecified atom stereocenters. The molecular formula is C19H19N3O5S2. The lowest BCUT2D eigenvalue weighted by Gasteiger charge is -2.14. The average molecular weight is 434 g/mol. The Morgan fingerprint density at radius 1 is 1.17 bits per heavy atom. The van der Waals surface area contributed by atoms with Crippen LogP contribution in [0.3, 0.4) is 0 Å². The predicted octanol–water partition coefficient (Wildman–Crippen LogP) is 3.02. The molecule has 152 valence electrons. The van der Waals surface area contributed by atoms with E-state index in [1.54, 1.807) is 11.3 Å². The van der Waals surface area contributed by atoms with Crippen LogP contribution in [-0.4, -0.2) is 36.9 Å². The van der Waals surface area contributed by atoms with Gasteiger partial charge in [0, 0.05) is 10.4 Å². The van der Waals surface area contributed by atoms with E-state index in [4.69, 9.17) is 26.4 Å². The van der Waals surface area contributed by atoms with Crippen molar-refractivity contribution in [2.24, 2.45) is 0 Å². The van der Waals surface area contributed by atoms with Crippen molar-refractivity contribution in [3.8, 4) is 17.2 Å². The molecule has 8 nitrogen and oxygen atoms in total. The molecule has 0 saturated heterocycles. The number of rotatable bonds is 5. The minimum absolute atomic E-state index is 0.128. The third-order valence-electron chi connectivity index (χ3n) is 4.90. The van der Waals surface area contributed by atoms with Crippen LogP contribution in [0.2, 0.25) is 0 Å². The molecule has 1 aliphatic rings. The summed E-state index contributed by atoms with van der Waals surface area (Å²) in [6.45, 7) is 0. The van der Waals surface area contributed by atoms with Crippen molar-refractivity contribution in [2.75, 3.05) is 26.8 Å². The molecule has 29 heavy (non-hydrogen) atoms. The molecule has 0 spiro atoms. The molecule has 0 bridgehead atoms. The summed E-state index contributed by atoms with van der Waals surface area (Å²) >= 11 is 6.87. The summed E-state index contributed by atoms with van der Waals surface area (Å²) in [7, 11) is 4.41. The van der Waals surface area contributed by atoms with Gasteiger partial charge in [-0.25, -0.2) is 0 Å². The van der Waals surface area contributed by atoms with Gasteiger partial charge in [0.15, 0.2) is 11.5 Å². The Hall–Kier alpha value is -2.85. The number of H-pyrrole nitrogens is 1. The number of aryl methyl sites for hydroxylation is 2. The zero-order valence-electron chi connectivity index (χ0n) is 16.1. The van der Waals surface area contributed by atoms with Gasteiger partial charge in [0.1, 0.15) is 4.83 Å². The number of carbonyl (C=O) groups is 1. The SMILES string of the molecule is COc1cc(C(=O)Nn2c(=S)[nH]c3sc4c(c3c2=O)CCC4)cc(OC)c1OC. The number of benzene rings is 1. The summed E-state index contributed by atoms with van der Waals surface area (Å²) in [5.41, 5.74) is 3.55. The van der Waals surface area contributed by atoms with Crippen LogP contribution in [0, 0.1) is 4.77 Å². The minimum Gasteiger partial charge on any atom is -0.493 e. The lowest BCUT2D eigenvalue weighted by molar-refractivity contribution is 0.101. The normalized spacial score (nSPS) is 12.7. The largest absolute Gasteiger partial charge is 0.493 e. The smallest absolute Gasteiger partial charge is 0.282 e. The number of thiophene rings is 1. The molecule has 2 aromatic heterocycles. The van der Waals surface area contributed by atoms with Crippen molar-refractivity contribution in [3.63, 3.8) is 0 Å². The number of nitrogens with one attached hydrogen (secondary N) is 2. The standard InChI is InChI=1S/C19H19N3O5S2/c1-25-11-7-9(8-12(26-2)15(11)27-3)16(23)21-22-18(24)14-10-5-4-6-13(10)29-17(14)20-19(22)28/h7-8H,4-6H2,1-3H3,(H,20,28)(H,21,23). The van der Waals surface area contributed by atoms with Crippen molar-refractivity contribution in [1.82, 2.24) is 9.66 Å². The van der Waals surface area contributed by atoms with Crippen LogP contribution in [0.5, 0.6) is 17.2 Å². The Morgan fingerprint density at radius 2 is 1.86 bits per heavy atom. The summed E-state index contributed by atoms with van der Waals surface area (Å²) < 4.78 is 17.1. The molecule has 0 atom stereocenters. The number of hydrogen-bond donors (Lipinski definition) is 2. The zero-order chi connectivity index (χ0) is 20.7. The van der Waals surface area contributed by atoms with Crippen molar-refractivity contribution in [1.29, 1.82) is 0 Å². The molecule has 0 aliphatic heterocycles. The van der Waals surface area contributed by atoms with Crippen LogP contribution in [0.1, 0.15) is 27.2 Å². The Bertz CT molecular complexity index is 1220. The van der Waals surface area contributed by atoms with Crippen LogP contribution in [0.15, 0.2) is 16.9 Å². The van der Waals surface area contributed by atoms with Crippen molar-refractivity contribution < 1.29 is 19.0 Å². The zero-order valence-corrected chi connectivity index (χ0v) is 17.7. The summed E-state index contributed by atoms with van der Waals surface area (Å²) in [4.78, 5) is 31.0. The minimum atomic E-state index is -0.530. The molecule has 2 N–H and O–H groups in total. The maximum Gasteiger partial charge on any atom is 0.282 e. The lowest BCUT2D eigenvalue weighted by Crippen LogP contribution is -2.34. The fourth-order valence-corrected chi connectivity index (χ4v) is 5.13. The molecular weight excluding hydrogens is 414 g/mol. The highest BCUT2D eigenvalue weighted by Gasteiger charge is 2.23. The molecule has 0 saturated carbocycles. The summed E-state index contributed by atoms with van der Waals surface area (Å²) in [6, 6.07) is 3.02. The quantitative estimate of drug-likeness (QED) is 0.601. The number of aromatic amines is 1. The number of hydrogen-bond acceptors (Lipinski definition) is 7. The first-order valence-electron chi connectivity index (χ1n) is 8.89. The number of methoxy groups -OCH3 is 3. The Kier molecular flexibility index (Phi) is 5.05. The van der Waals surface area contributed by atoms with E-state index in [1.807, 2.05) is 0 Å². The maximum atomic E-state index is 13.1. The van der Waals surface area contributed by atoms with Gasteiger partial charge < -0.3 is 19.2 Å². The first kappa shape index (κ1) is 19.5. The molecule has 3 aromatic rings. The van der Waals surface area contributed by atoms with Crippen LogP contribution >= 0.6 is 23.6 Å². The summed E-state index contributed by atoms with van der Waals surface area (Å²) in [5, 5.41) is 0.598. The third-order valence-corrected chi connectivity index (χ3v) is 6.39. The lowest BCUT2D eigenvalue weighted by atomic mass is 10.1. The topological polar surface area (TPSA) is 94.6 Å². The molecule has 1 aromatic carbocycles. The van der Waals surface area contributed by atoms with Crippen LogP contribution in [-0.2, 0) is 12.8 Å². The van der Waals surface area contributed by atoms with E-state index in [1.165, 1.54) is 38.3 Å². The van der Waals surface area contributed by atoms with Crippen molar-refractivity contribution in [3.05, 3.63) is 43.3 Å². The van der Waals surface area contributed by atoms with Crippen molar-refractivity contribution >= 4 is 39.7 Å². The van der Waals surface area contributed by atoms with Gasteiger partial charge in [-0.05, 0) is 49.2 Å². The number of nitrogens with zero attached hydrogens (tertiary/aromatic N) is 1. The van der Waals surface area contributed by atoms with E-state index in [-0.39, 0.29) is 15.9 Å². The second-order valence-electron chi connectivity index (χ2n) is 6.49. The number of fused-ring (bicyclic) bond motifs is 3. The highest BCUT2D eigenvalue weighted by Crippen LogP contribution is 2.38. The van der Waals surface area contributed by atoms with E-state index in [0.717, 1.165) is 34.3 Å². The number of amides is 1. The molecule has 2 heterocycles. The molecule has 10 heteroatoms. The van der Waals surface area contributed by atoms with E-state index in [2.05, 4.69) is 10.4 Å². The van der Waals surface area contributed by atoms with Gasteiger partial charge in [0.05, 0.1) is 26.7 Å². The molecule has 1 aliphatic carbocycles. The summed E-state index contributed by atoms with van der Waals surface area (Å²) in [6.07, 6.45) is 2.85. The van der Waals surface area contributed by atoms with E-state index in [0.29, 0.717) is 22.6 Å². The van der Waals surface area contributed by atoms with E-state index < -0.39 is 5.91 Å². The Balaban J connectivity index is 1.77. The molecule has 0 radical (unpaired) electrons. The second kappa shape index (κ2) is 7.53. The summed E-state index contributed by atoms with van der Waals surface area (Å²) in [5.74, 6) is 0.509. The fraction of sp³-hybridized carbons (Fsp3) is 0.316. The third kappa shape index (κ3) is 3.18. The molecule has 1 amide bonds. The number of carbonyl (C=O) groups excluding carboxylic acids is 1. The molecule has 4 rings (SSSR count). The first-order valence-corrected chi connectivity index (χ1v) is 10.1. The maximum absolute atomic E-state index is 13.1. The van der Waals surface area contributed by atoms with Crippen LogP contribution in [0.4, 0.5) is 0 Å². The Labute approximate surface area is 175 Å². The van der Waals surface area contributed by atoms with Crippen LogP contribution < -0.4 is 25.2 Å². The second-order valence-corrected chi connectivity index (χ2v) is 7.98. The van der Waals surface area contributed by atoms with E-state index >= 15 is 0 Å². The Morgan fingerprint density at radius 3 is 2.48 bits per heavy atom. The van der Waals surface area contributed by atoms with Gasteiger partial charge in [-0.2, -0.15) is 4.68 Å². The average Bonchev–Trinajstić information content (AvgIpc) is 3.30.